The van der Waals surface area contributed by atoms with Gasteiger partial charge in [0.15, 0.2) is 9.84 Å². The van der Waals surface area contributed by atoms with E-state index in [0.29, 0.717) is 12.4 Å². The van der Waals surface area contributed by atoms with Crippen LogP contribution in [0.5, 0.6) is 0 Å². The fourth-order valence-electron chi connectivity index (χ4n) is 2.25. The van der Waals surface area contributed by atoms with Gasteiger partial charge in [-0.05, 0) is 18.6 Å². The number of urea groups is 1. The first-order valence-electron chi connectivity index (χ1n) is 6.24. The van der Waals surface area contributed by atoms with E-state index < -0.39 is 15.9 Å². The van der Waals surface area contributed by atoms with Gasteiger partial charge in [-0.1, -0.05) is 12.1 Å². The lowest BCUT2D eigenvalue weighted by atomic mass is 10.3. The molecule has 8 heteroatoms. The van der Waals surface area contributed by atoms with Crippen molar-refractivity contribution in [3.05, 3.63) is 24.3 Å². The van der Waals surface area contributed by atoms with E-state index in [1.54, 1.807) is 0 Å². The van der Waals surface area contributed by atoms with Gasteiger partial charge in [0.1, 0.15) is 0 Å². The maximum atomic E-state index is 11.8. The number of sulfone groups is 1. The fourth-order valence-corrected chi connectivity index (χ4v) is 3.92. The fraction of sp³-hybridized carbons (Fsp3) is 0.333. The van der Waals surface area contributed by atoms with Gasteiger partial charge in [0.05, 0.1) is 22.5 Å². The summed E-state index contributed by atoms with van der Waals surface area (Å²) in [5.41, 5.74) is 1.58. The summed E-state index contributed by atoms with van der Waals surface area (Å²) in [6.07, 6.45) is 0.454. The summed E-state index contributed by atoms with van der Waals surface area (Å²) in [5.74, 6) is 0.466. The molecular formula is C12H14N4O3S. The van der Waals surface area contributed by atoms with E-state index in [2.05, 4.69) is 20.6 Å². The van der Waals surface area contributed by atoms with Crippen LogP contribution in [0.3, 0.4) is 0 Å². The van der Waals surface area contributed by atoms with Crippen molar-refractivity contribution in [3.63, 3.8) is 0 Å². The molecule has 0 unspecified atom stereocenters. The lowest BCUT2D eigenvalue weighted by Crippen LogP contribution is -2.38. The zero-order valence-electron chi connectivity index (χ0n) is 10.6. The largest absolute Gasteiger partial charge is 0.334 e. The number of benzene rings is 1. The van der Waals surface area contributed by atoms with Gasteiger partial charge in [0.2, 0.25) is 5.95 Å². The minimum absolute atomic E-state index is 0.000546. The highest BCUT2D eigenvalue weighted by molar-refractivity contribution is 7.91. The van der Waals surface area contributed by atoms with Gasteiger partial charge < -0.3 is 10.3 Å². The Hall–Kier alpha value is -2.09. The van der Waals surface area contributed by atoms with Crippen LogP contribution in [0.1, 0.15) is 6.42 Å². The van der Waals surface area contributed by atoms with Gasteiger partial charge in [-0.25, -0.2) is 18.2 Å². The highest BCUT2D eigenvalue weighted by Crippen LogP contribution is 2.14. The number of aromatic nitrogens is 2. The standard InChI is InChI=1S/C12H14N4O3S/c17-12(13-8-5-6-20(18,19)7-8)16-11-14-9-3-1-2-4-10(9)15-11/h1-4,8H,5-7H2,(H3,13,14,15,16,17)/t8-/m0/s1. The van der Waals surface area contributed by atoms with Crippen LogP contribution in [0.2, 0.25) is 0 Å². The third-order valence-corrected chi connectivity index (χ3v) is 4.96. The van der Waals surface area contributed by atoms with Crippen LogP contribution in [0.4, 0.5) is 10.7 Å². The van der Waals surface area contributed by atoms with Crippen molar-refractivity contribution in [2.45, 2.75) is 12.5 Å². The maximum absolute atomic E-state index is 11.8. The molecule has 7 nitrogen and oxygen atoms in total. The second kappa shape index (κ2) is 4.78. The van der Waals surface area contributed by atoms with Crippen LogP contribution in [-0.2, 0) is 9.84 Å². The summed E-state index contributed by atoms with van der Waals surface area (Å²) in [5, 5.41) is 5.21. The number of carbonyl (C=O) groups is 1. The zero-order valence-corrected chi connectivity index (χ0v) is 11.4. The number of H-pyrrole nitrogens is 1. The Morgan fingerprint density at radius 2 is 2.15 bits per heavy atom. The lowest BCUT2D eigenvalue weighted by molar-refractivity contribution is 0.249. The summed E-state index contributed by atoms with van der Waals surface area (Å²) in [6.45, 7) is 0. The predicted molar refractivity (Wildman–Crippen MR) is 75.3 cm³/mol. The SMILES string of the molecule is O=C(Nc1nc2ccccc2[nH]1)N[C@H]1CCS(=O)(=O)C1. The summed E-state index contributed by atoms with van der Waals surface area (Å²) in [6, 6.07) is 6.63. The van der Waals surface area contributed by atoms with Gasteiger partial charge in [-0.3, -0.25) is 5.32 Å². The van der Waals surface area contributed by atoms with Gasteiger partial charge >= 0.3 is 6.03 Å². The average Bonchev–Trinajstić information content (AvgIpc) is 2.91. The van der Waals surface area contributed by atoms with Crippen molar-refractivity contribution in [1.82, 2.24) is 15.3 Å². The molecule has 1 saturated heterocycles. The first kappa shape index (κ1) is 12.9. The van der Waals surface area contributed by atoms with E-state index in [0.717, 1.165) is 11.0 Å². The van der Waals surface area contributed by atoms with E-state index in [1.807, 2.05) is 24.3 Å². The Bertz CT molecular complexity index is 720. The van der Waals surface area contributed by atoms with Crippen LogP contribution in [0.25, 0.3) is 11.0 Å². The number of rotatable bonds is 2. The number of hydrogen-bond donors (Lipinski definition) is 3. The molecule has 20 heavy (non-hydrogen) atoms. The number of nitrogens with one attached hydrogen (secondary N) is 3. The smallest absolute Gasteiger partial charge is 0.321 e. The van der Waals surface area contributed by atoms with Crippen LogP contribution in [0, 0.1) is 0 Å². The second-order valence-corrected chi connectivity index (χ2v) is 7.03. The van der Waals surface area contributed by atoms with Crippen LogP contribution in [-0.4, -0.2) is 42.0 Å². The summed E-state index contributed by atoms with van der Waals surface area (Å²) in [4.78, 5) is 19.0. The molecule has 0 spiro atoms. The monoisotopic (exact) mass is 294 g/mol. The molecule has 3 rings (SSSR count). The Balaban J connectivity index is 1.64. The van der Waals surface area contributed by atoms with Crippen molar-refractivity contribution in [3.8, 4) is 0 Å². The van der Waals surface area contributed by atoms with E-state index in [-0.39, 0.29) is 17.5 Å². The van der Waals surface area contributed by atoms with E-state index in [9.17, 15) is 13.2 Å². The summed E-state index contributed by atoms with van der Waals surface area (Å²) in [7, 11) is -3.00. The Labute approximate surface area is 115 Å². The molecule has 1 atom stereocenters. The maximum Gasteiger partial charge on any atom is 0.321 e. The predicted octanol–water partition coefficient (Wildman–Crippen LogP) is 0.872. The molecule has 1 aromatic heterocycles. The van der Waals surface area contributed by atoms with Crippen molar-refractivity contribution in [2.75, 3.05) is 16.8 Å². The number of hydrogen-bond acceptors (Lipinski definition) is 4. The molecule has 0 radical (unpaired) electrons. The van der Waals surface area contributed by atoms with E-state index >= 15 is 0 Å². The third-order valence-electron chi connectivity index (χ3n) is 3.19. The van der Waals surface area contributed by atoms with Crippen LogP contribution < -0.4 is 10.6 Å². The zero-order chi connectivity index (χ0) is 14.2. The molecule has 1 aliphatic heterocycles. The van der Waals surface area contributed by atoms with Crippen molar-refractivity contribution in [1.29, 1.82) is 0 Å². The minimum atomic E-state index is -3.00. The molecule has 0 saturated carbocycles. The third kappa shape index (κ3) is 2.74. The quantitative estimate of drug-likeness (QED) is 0.764. The molecule has 1 aliphatic rings. The molecule has 2 aromatic rings. The number of carbonyl (C=O) groups excluding carboxylic acids is 1. The number of imidazole rings is 1. The topological polar surface area (TPSA) is 104 Å². The number of aromatic amines is 1. The number of fused-ring (bicyclic) bond motifs is 1. The average molecular weight is 294 g/mol. The van der Waals surface area contributed by atoms with Crippen molar-refractivity contribution < 1.29 is 13.2 Å². The van der Waals surface area contributed by atoms with E-state index in [1.165, 1.54) is 0 Å². The van der Waals surface area contributed by atoms with Gasteiger partial charge in [0, 0.05) is 6.04 Å². The molecule has 106 valence electrons. The number of anilines is 1. The molecule has 1 aromatic carbocycles. The molecular weight excluding hydrogens is 280 g/mol. The molecule has 1 fully saturated rings. The Morgan fingerprint density at radius 1 is 1.35 bits per heavy atom. The lowest BCUT2D eigenvalue weighted by Gasteiger charge is -2.10. The molecule has 0 bridgehead atoms. The Morgan fingerprint density at radius 3 is 2.85 bits per heavy atom. The highest BCUT2D eigenvalue weighted by atomic mass is 32.2. The molecule has 3 N–H and O–H groups in total. The normalized spacial score (nSPS) is 20.9. The first-order chi connectivity index (χ1) is 9.52. The second-order valence-electron chi connectivity index (χ2n) is 4.80. The summed E-state index contributed by atoms with van der Waals surface area (Å²) >= 11 is 0. The van der Waals surface area contributed by atoms with Crippen molar-refractivity contribution >= 4 is 32.9 Å². The number of para-hydroxylation sites is 2. The van der Waals surface area contributed by atoms with Crippen molar-refractivity contribution in [2.24, 2.45) is 0 Å². The first-order valence-corrected chi connectivity index (χ1v) is 8.07. The van der Waals surface area contributed by atoms with Crippen LogP contribution >= 0.6 is 0 Å². The highest BCUT2D eigenvalue weighted by Gasteiger charge is 2.28. The van der Waals surface area contributed by atoms with Gasteiger partial charge in [0.25, 0.3) is 0 Å². The van der Waals surface area contributed by atoms with E-state index in [4.69, 9.17) is 0 Å². The van der Waals surface area contributed by atoms with Crippen LogP contribution in [0.15, 0.2) is 24.3 Å². The van der Waals surface area contributed by atoms with Gasteiger partial charge in [-0.15, -0.1) is 0 Å². The molecule has 0 aliphatic carbocycles. The number of amides is 2. The minimum Gasteiger partial charge on any atom is -0.334 e. The number of nitrogens with zero attached hydrogens (tertiary/aromatic N) is 1. The molecule has 2 amide bonds. The Kier molecular flexibility index (Phi) is 3.09. The van der Waals surface area contributed by atoms with Gasteiger partial charge in [-0.2, -0.15) is 0 Å². The summed E-state index contributed by atoms with van der Waals surface area (Å²) < 4.78 is 22.6. The molecule has 2 heterocycles.